The van der Waals surface area contributed by atoms with Gasteiger partial charge in [-0.05, 0) is 51.4 Å². The summed E-state index contributed by atoms with van der Waals surface area (Å²) in [5.74, 6) is -0.394. The van der Waals surface area contributed by atoms with Crippen LogP contribution in [-0.4, -0.2) is 75.6 Å². The topological polar surface area (TPSA) is 91.3 Å². The van der Waals surface area contributed by atoms with Crippen molar-refractivity contribution in [1.29, 1.82) is 0 Å². The highest BCUT2D eigenvalue weighted by Crippen LogP contribution is 2.43. The van der Waals surface area contributed by atoms with Crippen molar-refractivity contribution in [2.45, 2.75) is 213 Å². The molecule has 0 aromatic rings. The van der Waals surface area contributed by atoms with Crippen LogP contribution in [0.4, 0.5) is 0 Å². The molecular formula is C54H99NO7P+. The summed E-state index contributed by atoms with van der Waals surface area (Å²) >= 11 is 0. The number of likely N-dealkylation sites (N-methyl/N-ethyl adjacent to an activating group) is 1. The number of nitrogens with zero attached hydrogens (tertiary/aromatic N) is 1. The first-order valence-electron chi connectivity index (χ1n) is 25.7. The predicted molar refractivity (Wildman–Crippen MR) is 270 cm³/mol. The van der Waals surface area contributed by atoms with Crippen LogP contribution in [0.2, 0.25) is 0 Å². The molecule has 0 radical (unpaired) electrons. The Balaban J connectivity index is 4.23. The molecule has 9 heteroatoms. The lowest BCUT2D eigenvalue weighted by molar-refractivity contribution is -0.870. The molecule has 0 aliphatic rings. The maximum absolute atomic E-state index is 12.7. The summed E-state index contributed by atoms with van der Waals surface area (Å²) in [5.41, 5.74) is 0. The van der Waals surface area contributed by atoms with Crippen molar-refractivity contribution in [2.75, 3.05) is 54.1 Å². The van der Waals surface area contributed by atoms with Gasteiger partial charge in [-0.2, -0.15) is 0 Å². The highest BCUT2D eigenvalue weighted by molar-refractivity contribution is 7.47. The smallest absolute Gasteiger partial charge is 0.457 e. The first kappa shape index (κ1) is 60.9. The molecule has 1 N–H and O–H groups in total. The van der Waals surface area contributed by atoms with E-state index >= 15 is 0 Å². The van der Waals surface area contributed by atoms with Crippen LogP contribution >= 0.6 is 7.82 Å². The predicted octanol–water partition coefficient (Wildman–Crippen LogP) is 15.8. The third kappa shape index (κ3) is 50.8. The van der Waals surface area contributed by atoms with Crippen LogP contribution < -0.4 is 0 Å². The third-order valence-corrected chi connectivity index (χ3v) is 11.8. The molecule has 0 fully saturated rings. The first-order chi connectivity index (χ1) is 30.6. The normalized spacial score (nSPS) is 14.2. The number of quaternary nitrogens is 1. The van der Waals surface area contributed by atoms with E-state index in [1.165, 1.54) is 128 Å². The van der Waals surface area contributed by atoms with E-state index in [1.54, 1.807) is 0 Å². The second-order valence-corrected chi connectivity index (χ2v) is 19.6. The summed E-state index contributed by atoms with van der Waals surface area (Å²) in [6.45, 7) is 5.43. The standard InChI is InChI=1S/C54H98NO7P/c1-6-8-10-12-14-16-18-20-22-24-26-27-28-30-32-34-36-38-40-42-44-46-49-59-51-53(52-61-63(57,58)60-50-48-55(3,4)5)62-54(56)47-45-43-41-39-37-35-33-31-29-25-23-21-19-17-15-13-11-9-7-2/h9,11,15,17,21,23,29,31,35,37,41,43,53H,6-8,10,12-14,16,18-20,22,24-28,30,32-34,36,38-40,42,44-52H2,1-5H3/p+1/b11-9-,17-15-,23-21-,31-29-,37-35-,43-41-. The van der Waals surface area contributed by atoms with Gasteiger partial charge in [0, 0.05) is 13.0 Å². The molecular weight excluding hydrogens is 806 g/mol. The Kier molecular flexibility index (Phi) is 44.9. The summed E-state index contributed by atoms with van der Waals surface area (Å²) in [6, 6.07) is 0. The van der Waals surface area contributed by atoms with Gasteiger partial charge in [-0.15, -0.1) is 0 Å². The highest BCUT2D eigenvalue weighted by Gasteiger charge is 2.26. The molecule has 366 valence electrons. The number of rotatable bonds is 47. The number of hydrogen-bond donors (Lipinski definition) is 1. The second kappa shape index (κ2) is 46.5. The molecule has 2 atom stereocenters. The molecule has 0 heterocycles. The number of hydrogen-bond acceptors (Lipinski definition) is 6. The van der Waals surface area contributed by atoms with Crippen LogP contribution in [-0.2, 0) is 27.9 Å². The van der Waals surface area contributed by atoms with Crippen molar-refractivity contribution in [3.63, 3.8) is 0 Å². The largest absolute Gasteiger partial charge is 0.472 e. The van der Waals surface area contributed by atoms with Gasteiger partial charge < -0.3 is 18.9 Å². The van der Waals surface area contributed by atoms with E-state index < -0.39 is 19.9 Å². The van der Waals surface area contributed by atoms with E-state index in [-0.39, 0.29) is 26.2 Å². The number of unbranched alkanes of at least 4 members (excludes halogenated alkanes) is 21. The van der Waals surface area contributed by atoms with Crippen LogP contribution in [0.25, 0.3) is 0 Å². The van der Waals surface area contributed by atoms with Crippen molar-refractivity contribution in [1.82, 2.24) is 0 Å². The third-order valence-electron chi connectivity index (χ3n) is 10.8. The lowest BCUT2D eigenvalue weighted by atomic mass is 10.0. The summed E-state index contributed by atoms with van der Waals surface area (Å²) < 4.78 is 35.0. The van der Waals surface area contributed by atoms with Crippen LogP contribution in [0.5, 0.6) is 0 Å². The summed E-state index contributed by atoms with van der Waals surface area (Å²) in [7, 11) is 1.62. The fraction of sp³-hybridized carbons (Fsp3) is 0.759. The van der Waals surface area contributed by atoms with E-state index in [4.69, 9.17) is 18.5 Å². The fourth-order valence-electron chi connectivity index (χ4n) is 6.87. The highest BCUT2D eigenvalue weighted by atomic mass is 31.2. The van der Waals surface area contributed by atoms with Crippen LogP contribution in [0.3, 0.4) is 0 Å². The maximum atomic E-state index is 12.7. The van der Waals surface area contributed by atoms with Gasteiger partial charge in [-0.3, -0.25) is 13.8 Å². The minimum atomic E-state index is -4.30. The van der Waals surface area contributed by atoms with E-state index in [1.807, 2.05) is 33.3 Å². The maximum Gasteiger partial charge on any atom is 0.472 e. The van der Waals surface area contributed by atoms with Gasteiger partial charge in [0.15, 0.2) is 0 Å². The first-order valence-corrected chi connectivity index (χ1v) is 27.2. The molecule has 0 aromatic heterocycles. The average molecular weight is 905 g/mol. The van der Waals surface area contributed by atoms with Gasteiger partial charge in [0.1, 0.15) is 19.3 Å². The molecule has 63 heavy (non-hydrogen) atoms. The Morgan fingerprint density at radius 1 is 0.508 bits per heavy atom. The van der Waals surface area contributed by atoms with E-state index in [9.17, 15) is 14.3 Å². The van der Waals surface area contributed by atoms with Crippen molar-refractivity contribution in [2.24, 2.45) is 0 Å². The van der Waals surface area contributed by atoms with E-state index in [0.717, 1.165) is 51.4 Å². The van der Waals surface area contributed by atoms with Gasteiger partial charge in [-0.1, -0.05) is 222 Å². The Morgan fingerprint density at radius 3 is 1.29 bits per heavy atom. The molecule has 0 aromatic carbocycles. The zero-order valence-corrected chi connectivity index (χ0v) is 42.4. The minimum absolute atomic E-state index is 0.0731. The van der Waals surface area contributed by atoms with Gasteiger partial charge in [0.25, 0.3) is 0 Å². The molecule has 0 aliphatic carbocycles. The number of ether oxygens (including phenoxy) is 2. The minimum Gasteiger partial charge on any atom is -0.457 e. The number of carbonyl (C=O) groups excluding carboxylic acids is 1. The zero-order valence-electron chi connectivity index (χ0n) is 41.5. The number of allylic oxidation sites excluding steroid dienone is 12. The number of phosphoric acid groups is 1. The fourth-order valence-corrected chi connectivity index (χ4v) is 7.62. The van der Waals surface area contributed by atoms with Gasteiger partial charge >= 0.3 is 13.8 Å². The molecule has 0 rings (SSSR count). The monoisotopic (exact) mass is 905 g/mol. The van der Waals surface area contributed by atoms with Gasteiger partial charge in [0.2, 0.25) is 0 Å². The molecule has 0 saturated carbocycles. The average Bonchev–Trinajstić information content (AvgIpc) is 3.24. The molecule has 0 saturated heterocycles. The van der Waals surface area contributed by atoms with E-state index in [0.29, 0.717) is 24.1 Å². The van der Waals surface area contributed by atoms with Crippen molar-refractivity contribution in [3.8, 4) is 0 Å². The second-order valence-electron chi connectivity index (χ2n) is 18.2. The lowest BCUT2D eigenvalue weighted by Crippen LogP contribution is -2.37. The van der Waals surface area contributed by atoms with Gasteiger partial charge in [0.05, 0.1) is 34.4 Å². The Morgan fingerprint density at radius 2 is 0.889 bits per heavy atom. The molecule has 0 amide bonds. The van der Waals surface area contributed by atoms with Crippen molar-refractivity contribution >= 4 is 13.8 Å². The van der Waals surface area contributed by atoms with Crippen LogP contribution in [0, 0.1) is 0 Å². The Bertz CT molecular complexity index is 1230. The van der Waals surface area contributed by atoms with Crippen molar-refractivity contribution < 1.29 is 37.3 Å². The lowest BCUT2D eigenvalue weighted by Gasteiger charge is -2.24. The quantitative estimate of drug-likeness (QED) is 0.0214. The number of phosphoric ester groups is 1. The molecule has 0 bridgehead atoms. The Labute approximate surface area is 389 Å². The summed E-state index contributed by atoms with van der Waals surface area (Å²) in [4.78, 5) is 22.9. The SMILES string of the molecule is CC/C=C\C/C=C\C/C=C\C/C=C\C/C=C\C/C=C\CCC(=O)OC(COCCCCCCCCCCCCCCCCCCCCCCCC)COP(=O)(O)OCC[N+](C)(C)C. The number of carbonyl (C=O) groups is 1. The van der Waals surface area contributed by atoms with Gasteiger partial charge in [-0.25, -0.2) is 4.57 Å². The molecule has 0 spiro atoms. The number of esters is 1. The summed E-state index contributed by atoms with van der Waals surface area (Å²) in [5, 5.41) is 0. The van der Waals surface area contributed by atoms with E-state index in [2.05, 4.69) is 74.6 Å². The zero-order chi connectivity index (χ0) is 46.2. The van der Waals surface area contributed by atoms with Crippen LogP contribution in [0.1, 0.15) is 206 Å². The molecule has 0 aliphatic heterocycles. The Hall–Kier alpha value is -2.06. The van der Waals surface area contributed by atoms with Crippen LogP contribution in [0.15, 0.2) is 72.9 Å². The molecule has 8 nitrogen and oxygen atoms in total. The van der Waals surface area contributed by atoms with Crippen molar-refractivity contribution in [3.05, 3.63) is 72.9 Å². The molecule has 2 unspecified atom stereocenters. The summed E-state index contributed by atoms with van der Waals surface area (Å²) in [6.07, 6.45) is 61.2.